The zero-order valence-corrected chi connectivity index (χ0v) is 11.5. The molecule has 0 atom stereocenters. The molecule has 5 nitrogen and oxygen atoms in total. The number of nitrogens with two attached hydrogens (primary N) is 1. The van der Waals surface area contributed by atoms with Gasteiger partial charge < -0.3 is 11.1 Å². The topological polar surface area (TPSA) is 89.3 Å². The third-order valence-electron chi connectivity index (χ3n) is 2.40. The molecule has 0 aliphatic heterocycles. The van der Waals surface area contributed by atoms with E-state index in [1.165, 1.54) is 18.2 Å². The van der Waals surface area contributed by atoms with Crippen molar-refractivity contribution in [2.45, 2.75) is 6.92 Å². The van der Waals surface area contributed by atoms with Crippen molar-refractivity contribution in [1.29, 1.82) is 0 Å². The Kier molecular flexibility index (Phi) is 4.98. The first kappa shape index (κ1) is 14.8. The second-order valence-corrected chi connectivity index (χ2v) is 6.61. The van der Waals surface area contributed by atoms with E-state index in [1.807, 2.05) is 0 Å². The first-order chi connectivity index (χ1) is 8.35. The molecular formula is C11H15ClN2O3S. The Morgan fingerprint density at radius 1 is 1.44 bits per heavy atom. The number of carbonyl (C=O) groups is 1. The van der Waals surface area contributed by atoms with Crippen LogP contribution in [0.1, 0.15) is 17.3 Å². The van der Waals surface area contributed by atoms with Gasteiger partial charge in [-0.25, -0.2) is 8.42 Å². The van der Waals surface area contributed by atoms with Crippen LogP contribution in [0.2, 0.25) is 5.02 Å². The standard InChI is InChI=1S/C11H15ClN2O3S/c1-2-18(16,17)6-5-14-11(15)8-3-4-9(12)10(13)7-8/h3-4,7H,2,5-6,13H2,1H3,(H,14,15). The van der Waals surface area contributed by atoms with Crippen molar-refractivity contribution in [2.24, 2.45) is 0 Å². The van der Waals surface area contributed by atoms with E-state index in [9.17, 15) is 13.2 Å². The van der Waals surface area contributed by atoms with Crippen molar-refractivity contribution in [3.8, 4) is 0 Å². The molecule has 0 bridgehead atoms. The highest BCUT2D eigenvalue weighted by Crippen LogP contribution is 2.19. The molecule has 0 aromatic heterocycles. The van der Waals surface area contributed by atoms with Crippen LogP contribution < -0.4 is 11.1 Å². The van der Waals surface area contributed by atoms with Gasteiger partial charge in [0.2, 0.25) is 0 Å². The zero-order valence-electron chi connectivity index (χ0n) is 9.94. The minimum Gasteiger partial charge on any atom is -0.398 e. The Bertz CT molecular complexity index is 543. The van der Waals surface area contributed by atoms with Crippen LogP contribution in [-0.4, -0.2) is 32.4 Å². The van der Waals surface area contributed by atoms with Crippen LogP contribution in [0, 0.1) is 0 Å². The van der Waals surface area contributed by atoms with E-state index in [2.05, 4.69) is 5.32 Å². The van der Waals surface area contributed by atoms with E-state index in [1.54, 1.807) is 6.92 Å². The minimum atomic E-state index is -3.07. The monoisotopic (exact) mass is 290 g/mol. The molecule has 0 radical (unpaired) electrons. The summed E-state index contributed by atoms with van der Waals surface area (Å²) < 4.78 is 22.5. The van der Waals surface area contributed by atoms with Gasteiger partial charge in [-0.1, -0.05) is 18.5 Å². The van der Waals surface area contributed by atoms with Crippen molar-refractivity contribution >= 4 is 33.0 Å². The molecule has 18 heavy (non-hydrogen) atoms. The van der Waals surface area contributed by atoms with Crippen LogP contribution in [0.4, 0.5) is 5.69 Å². The number of halogens is 1. The van der Waals surface area contributed by atoms with Gasteiger partial charge in [0.25, 0.3) is 5.91 Å². The lowest BCUT2D eigenvalue weighted by atomic mass is 10.2. The van der Waals surface area contributed by atoms with Crippen molar-refractivity contribution in [2.75, 3.05) is 23.8 Å². The molecule has 1 rings (SSSR count). The van der Waals surface area contributed by atoms with E-state index in [4.69, 9.17) is 17.3 Å². The Balaban J connectivity index is 2.58. The van der Waals surface area contributed by atoms with Gasteiger partial charge in [-0.3, -0.25) is 4.79 Å². The van der Waals surface area contributed by atoms with E-state index in [-0.39, 0.29) is 24.0 Å². The molecular weight excluding hydrogens is 276 g/mol. The Morgan fingerprint density at radius 2 is 2.11 bits per heavy atom. The molecule has 7 heteroatoms. The highest BCUT2D eigenvalue weighted by atomic mass is 35.5. The molecule has 100 valence electrons. The van der Waals surface area contributed by atoms with Crippen LogP contribution in [0.25, 0.3) is 0 Å². The highest BCUT2D eigenvalue weighted by molar-refractivity contribution is 7.91. The largest absolute Gasteiger partial charge is 0.398 e. The second kappa shape index (κ2) is 6.06. The lowest BCUT2D eigenvalue weighted by molar-refractivity contribution is 0.0956. The Morgan fingerprint density at radius 3 is 2.67 bits per heavy atom. The first-order valence-electron chi connectivity index (χ1n) is 5.39. The van der Waals surface area contributed by atoms with Gasteiger partial charge in [-0.15, -0.1) is 0 Å². The molecule has 0 saturated carbocycles. The summed E-state index contributed by atoms with van der Waals surface area (Å²) in [5.74, 6) is -0.376. The van der Waals surface area contributed by atoms with Gasteiger partial charge in [0.1, 0.15) is 0 Å². The quantitative estimate of drug-likeness (QED) is 0.794. The zero-order chi connectivity index (χ0) is 13.8. The summed E-state index contributed by atoms with van der Waals surface area (Å²) in [6.45, 7) is 1.65. The summed E-state index contributed by atoms with van der Waals surface area (Å²) in [6, 6.07) is 4.50. The summed E-state index contributed by atoms with van der Waals surface area (Å²) in [5.41, 5.74) is 6.23. The molecule has 3 N–H and O–H groups in total. The average molecular weight is 291 g/mol. The SMILES string of the molecule is CCS(=O)(=O)CCNC(=O)c1ccc(Cl)c(N)c1. The fourth-order valence-electron chi connectivity index (χ4n) is 1.25. The van der Waals surface area contributed by atoms with E-state index in [0.717, 1.165) is 0 Å². The van der Waals surface area contributed by atoms with E-state index < -0.39 is 9.84 Å². The Labute approximate surface area is 111 Å². The maximum Gasteiger partial charge on any atom is 0.251 e. The van der Waals surface area contributed by atoms with Crippen LogP contribution in [-0.2, 0) is 9.84 Å². The number of carbonyl (C=O) groups excluding carboxylic acids is 1. The van der Waals surface area contributed by atoms with Gasteiger partial charge in [0.05, 0.1) is 16.5 Å². The molecule has 1 aromatic carbocycles. The molecule has 0 unspecified atom stereocenters. The average Bonchev–Trinajstić information content (AvgIpc) is 2.32. The number of nitrogens with one attached hydrogen (secondary N) is 1. The fraction of sp³-hybridized carbons (Fsp3) is 0.364. The molecule has 1 aromatic rings. The number of amides is 1. The molecule has 0 aliphatic carbocycles. The third kappa shape index (κ3) is 4.19. The summed E-state index contributed by atoms with van der Waals surface area (Å²) >= 11 is 5.73. The van der Waals surface area contributed by atoms with Gasteiger partial charge >= 0.3 is 0 Å². The maximum atomic E-state index is 11.7. The summed E-state index contributed by atoms with van der Waals surface area (Å²) in [7, 11) is -3.07. The second-order valence-electron chi connectivity index (χ2n) is 3.73. The predicted molar refractivity (Wildman–Crippen MR) is 72.5 cm³/mol. The number of rotatable bonds is 5. The molecule has 0 aliphatic rings. The van der Waals surface area contributed by atoms with Crippen molar-refractivity contribution in [1.82, 2.24) is 5.32 Å². The number of benzene rings is 1. The van der Waals surface area contributed by atoms with Gasteiger partial charge in [0, 0.05) is 17.9 Å². The number of hydrogen-bond acceptors (Lipinski definition) is 4. The normalized spacial score (nSPS) is 11.2. The number of hydrogen-bond donors (Lipinski definition) is 2. The lowest BCUT2D eigenvalue weighted by Crippen LogP contribution is -2.29. The minimum absolute atomic E-state index is 0.0662. The van der Waals surface area contributed by atoms with Gasteiger partial charge in [-0.05, 0) is 18.2 Å². The fourth-order valence-corrected chi connectivity index (χ4v) is 2.07. The number of anilines is 1. The summed E-state index contributed by atoms with van der Waals surface area (Å²) in [5, 5.41) is 2.89. The van der Waals surface area contributed by atoms with Gasteiger partial charge in [0.15, 0.2) is 9.84 Å². The highest BCUT2D eigenvalue weighted by Gasteiger charge is 2.10. The molecule has 0 fully saturated rings. The van der Waals surface area contributed by atoms with Crippen LogP contribution in [0.3, 0.4) is 0 Å². The van der Waals surface area contributed by atoms with Crippen molar-refractivity contribution in [3.05, 3.63) is 28.8 Å². The predicted octanol–water partition coefficient (Wildman–Crippen LogP) is 1.09. The third-order valence-corrected chi connectivity index (χ3v) is 4.45. The van der Waals surface area contributed by atoms with Crippen molar-refractivity contribution < 1.29 is 13.2 Å². The summed E-state index contributed by atoms with van der Waals surface area (Å²) in [6.07, 6.45) is 0. The van der Waals surface area contributed by atoms with Crippen LogP contribution >= 0.6 is 11.6 Å². The number of sulfone groups is 1. The maximum absolute atomic E-state index is 11.7. The van der Waals surface area contributed by atoms with Crippen LogP contribution in [0.15, 0.2) is 18.2 Å². The smallest absolute Gasteiger partial charge is 0.251 e. The number of nitrogen functional groups attached to an aromatic ring is 1. The summed E-state index contributed by atoms with van der Waals surface area (Å²) in [4.78, 5) is 11.7. The lowest BCUT2D eigenvalue weighted by Gasteiger charge is -2.06. The first-order valence-corrected chi connectivity index (χ1v) is 7.59. The Hall–Kier alpha value is -1.27. The van der Waals surface area contributed by atoms with Gasteiger partial charge in [-0.2, -0.15) is 0 Å². The molecule has 0 heterocycles. The molecule has 0 saturated heterocycles. The molecule has 0 spiro atoms. The van der Waals surface area contributed by atoms with E-state index in [0.29, 0.717) is 16.3 Å². The van der Waals surface area contributed by atoms with Crippen LogP contribution in [0.5, 0.6) is 0 Å². The van der Waals surface area contributed by atoms with E-state index >= 15 is 0 Å². The molecule has 1 amide bonds. The van der Waals surface area contributed by atoms with Crippen molar-refractivity contribution in [3.63, 3.8) is 0 Å².